The van der Waals surface area contributed by atoms with Gasteiger partial charge in [0.05, 0.1) is 5.25 Å². The molecule has 0 bridgehead atoms. The lowest BCUT2D eigenvalue weighted by molar-refractivity contribution is 0.200. The highest BCUT2D eigenvalue weighted by atomic mass is 32.2. The summed E-state index contributed by atoms with van der Waals surface area (Å²) in [5.74, 6) is 0. The lowest BCUT2D eigenvalue weighted by Crippen LogP contribution is -2.44. The Morgan fingerprint density at radius 2 is 1.75 bits per heavy atom. The average Bonchev–Trinajstić information content (AvgIpc) is 3.08. The number of aryl methyl sites for hydroxylation is 1. The summed E-state index contributed by atoms with van der Waals surface area (Å²) in [6.45, 7) is 7.18. The molecule has 2 aromatic rings. The molecular weight excluding hydrogens is 378 g/mol. The molecule has 1 aliphatic rings. The first kappa shape index (κ1) is 20.3. The van der Waals surface area contributed by atoms with Gasteiger partial charge in [-0.3, -0.25) is 0 Å². The third-order valence-corrected chi connectivity index (χ3v) is 7.32. The van der Waals surface area contributed by atoms with E-state index in [-0.39, 0.29) is 16.6 Å². The minimum Gasteiger partial charge on any atom is -0.324 e. The quantitative estimate of drug-likeness (QED) is 0.846. The molecule has 0 atom stereocenters. The molecule has 3 rings (SSSR count). The van der Waals surface area contributed by atoms with Crippen LogP contribution in [0.4, 0.5) is 10.5 Å². The third kappa shape index (κ3) is 4.19. The molecule has 0 radical (unpaired) electrons. The molecule has 1 N–H and O–H groups in total. The maximum Gasteiger partial charge on any atom is 0.321 e. The number of sulfone groups is 1. The minimum absolute atomic E-state index is 0.0191. The van der Waals surface area contributed by atoms with E-state index in [1.165, 1.54) is 16.5 Å². The van der Waals surface area contributed by atoms with Crippen molar-refractivity contribution >= 4 is 21.6 Å². The van der Waals surface area contributed by atoms with Crippen molar-refractivity contribution in [1.82, 2.24) is 19.7 Å². The van der Waals surface area contributed by atoms with Crippen molar-refractivity contribution < 1.29 is 13.2 Å². The van der Waals surface area contributed by atoms with E-state index in [2.05, 4.69) is 36.3 Å². The highest BCUT2D eigenvalue weighted by Crippen LogP contribution is 2.25. The van der Waals surface area contributed by atoms with Crippen LogP contribution in [0, 0.1) is 0 Å². The Kier molecular flexibility index (Phi) is 5.47. The van der Waals surface area contributed by atoms with Gasteiger partial charge >= 0.3 is 6.03 Å². The van der Waals surface area contributed by atoms with Crippen LogP contribution >= 0.6 is 0 Å². The summed E-state index contributed by atoms with van der Waals surface area (Å²) in [6, 6.07) is 7.59. The number of urea groups is 1. The van der Waals surface area contributed by atoms with Crippen LogP contribution in [0.25, 0.3) is 0 Å². The first-order valence-corrected chi connectivity index (χ1v) is 10.9. The number of carbonyl (C=O) groups excluding carboxylic acids is 1. The minimum atomic E-state index is -3.55. The molecule has 8 nitrogen and oxygen atoms in total. The lowest BCUT2D eigenvalue weighted by atomic mass is 9.87. The highest BCUT2D eigenvalue weighted by molar-refractivity contribution is 7.91. The number of likely N-dealkylation sites (tertiary alicyclic amines) is 1. The van der Waals surface area contributed by atoms with Gasteiger partial charge in [0.15, 0.2) is 0 Å². The predicted molar refractivity (Wildman–Crippen MR) is 107 cm³/mol. The van der Waals surface area contributed by atoms with Gasteiger partial charge in [0.1, 0.15) is 6.33 Å². The number of hydrogen-bond donors (Lipinski definition) is 1. The number of nitrogens with zero attached hydrogens (tertiary/aromatic N) is 4. The van der Waals surface area contributed by atoms with Gasteiger partial charge in [-0.25, -0.2) is 13.2 Å². The van der Waals surface area contributed by atoms with Crippen LogP contribution < -0.4 is 5.32 Å². The van der Waals surface area contributed by atoms with E-state index in [4.69, 9.17) is 0 Å². The van der Waals surface area contributed by atoms with E-state index in [9.17, 15) is 13.2 Å². The number of nitrogens with one attached hydrogen (secondary N) is 1. The van der Waals surface area contributed by atoms with E-state index < -0.39 is 15.1 Å². The van der Waals surface area contributed by atoms with Crippen LogP contribution in [-0.2, 0) is 22.3 Å². The fourth-order valence-corrected chi connectivity index (χ4v) is 5.04. The summed E-state index contributed by atoms with van der Waals surface area (Å²) in [5, 5.41) is 9.70. The second-order valence-electron chi connectivity index (χ2n) is 8.21. The maximum absolute atomic E-state index is 12.7. The van der Waals surface area contributed by atoms with E-state index in [1.807, 2.05) is 24.3 Å². The molecule has 152 valence electrons. The molecule has 0 saturated carbocycles. The molecule has 1 aromatic carbocycles. The Morgan fingerprint density at radius 1 is 1.14 bits per heavy atom. The van der Waals surface area contributed by atoms with Crippen molar-refractivity contribution in [1.29, 1.82) is 0 Å². The van der Waals surface area contributed by atoms with Crippen LogP contribution in [0.2, 0.25) is 0 Å². The summed E-state index contributed by atoms with van der Waals surface area (Å²) in [7, 11) is -1.93. The molecule has 9 heteroatoms. The van der Waals surface area contributed by atoms with E-state index in [0.29, 0.717) is 25.9 Å². The molecule has 2 amide bonds. The van der Waals surface area contributed by atoms with Crippen LogP contribution in [0.1, 0.15) is 39.2 Å². The van der Waals surface area contributed by atoms with Gasteiger partial charge in [-0.2, -0.15) is 0 Å². The average molecular weight is 406 g/mol. The Bertz CT molecular complexity index is 937. The van der Waals surface area contributed by atoms with Crippen molar-refractivity contribution in [2.75, 3.05) is 18.4 Å². The van der Waals surface area contributed by atoms with Crippen LogP contribution in [-0.4, -0.2) is 52.5 Å². The van der Waals surface area contributed by atoms with E-state index >= 15 is 0 Å². The molecule has 2 heterocycles. The van der Waals surface area contributed by atoms with Gasteiger partial charge in [0.2, 0.25) is 15.0 Å². The van der Waals surface area contributed by atoms with Gasteiger partial charge in [0, 0.05) is 25.8 Å². The second-order valence-corrected chi connectivity index (χ2v) is 10.3. The number of anilines is 1. The summed E-state index contributed by atoms with van der Waals surface area (Å²) in [5.41, 5.74) is 1.98. The van der Waals surface area contributed by atoms with E-state index in [0.717, 1.165) is 5.69 Å². The van der Waals surface area contributed by atoms with Gasteiger partial charge in [-0.15, -0.1) is 10.2 Å². The molecule has 0 aliphatic carbocycles. The fraction of sp³-hybridized carbons (Fsp3) is 0.526. The summed E-state index contributed by atoms with van der Waals surface area (Å²) in [4.78, 5) is 14.2. The number of amides is 2. The predicted octanol–water partition coefficient (Wildman–Crippen LogP) is 2.58. The molecule has 28 heavy (non-hydrogen) atoms. The van der Waals surface area contributed by atoms with Gasteiger partial charge in [-0.1, -0.05) is 32.9 Å². The Morgan fingerprint density at radius 3 is 2.25 bits per heavy atom. The van der Waals surface area contributed by atoms with Crippen molar-refractivity contribution in [3.63, 3.8) is 0 Å². The molecular formula is C19H27N5O3S. The number of benzene rings is 1. The van der Waals surface area contributed by atoms with Crippen LogP contribution in [0.3, 0.4) is 0 Å². The number of piperidine rings is 1. The first-order chi connectivity index (χ1) is 13.1. The normalized spacial score (nSPS) is 16.2. The molecule has 1 aliphatic heterocycles. The number of carbonyl (C=O) groups is 1. The Balaban J connectivity index is 1.59. The van der Waals surface area contributed by atoms with Crippen molar-refractivity contribution in [3.05, 3.63) is 36.2 Å². The molecule has 1 saturated heterocycles. The molecule has 1 aromatic heterocycles. The van der Waals surface area contributed by atoms with Gasteiger partial charge in [0.25, 0.3) is 0 Å². The zero-order chi connectivity index (χ0) is 20.5. The third-order valence-electron chi connectivity index (χ3n) is 5.09. The maximum atomic E-state index is 12.7. The fourth-order valence-electron chi connectivity index (χ4n) is 3.30. The van der Waals surface area contributed by atoms with Crippen molar-refractivity contribution in [3.8, 4) is 0 Å². The summed E-state index contributed by atoms with van der Waals surface area (Å²) < 4.78 is 26.8. The molecule has 0 unspecified atom stereocenters. The van der Waals surface area contributed by atoms with Crippen molar-refractivity contribution in [2.45, 2.75) is 49.4 Å². The number of rotatable bonds is 3. The SMILES string of the molecule is Cn1cnnc1S(=O)(=O)C1CCN(C(=O)Nc2ccc(C(C)(C)C)cc2)CC1. The second kappa shape index (κ2) is 7.54. The largest absolute Gasteiger partial charge is 0.324 e. The standard InChI is InChI=1S/C19H27N5O3S/c1-19(2,3)14-5-7-15(8-6-14)21-17(25)24-11-9-16(10-12-24)28(26,27)18-22-20-13-23(18)4/h5-8,13,16H,9-12H2,1-4H3,(H,21,25). The zero-order valence-electron chi connectivity index (χ0n) is 16.7. The van der Waals surface area contributed by atoms with E-state index in [1.54, 1.807) is 11.9 Å². The Hall–Kier alpha value is -2.42. The van der Waals surface area contributed by atoms with Crippen LogP contribution in [0.15, 0.2) is 35.7 Å². The number of hydrogen-bond acceptors (Lipinski definition) is 5. The summed E-state index contributed by atoms with van der Waals surface area (Å²) in [6.07, 6.45) is 2.14. The van der Waals surface area contributed by atoms with Crippen LogP contribution in [0.5, 0.6) is 0 Å². The zero-order valence-corrected chi connectivity index (χ0v) is 17.5. The monoisotopic (exact) mass is 405 g/mol. The molecule has 1 fully saturated rings. The smallest absolute Gasteiger partial charge is 0.321 e. The Labute approximate surface area is 165 Å². The molecule has 0 spiro atoms. The topological polar surface area (TPSA) is 97.2 Å². The summed E-state index contributed by atoms with van der Waals surface area (Å²) >= 11 is 0. The number of aromatic nitrogens is 3. The first-order valence-electron chi connectivity index (χ1n) is 9.33. The highest BCUT2D eigenvalue weighted by Gasteiger charge is 2.35. The van der Waals surface area contributed by atoms with Gasteiger partial charge < -0.3 is 14.8 Å². The van der Waals surface area contributed by atoms with Crippen molar-refractivity contribution in [2.24, 2.45) is 7.05 Å². The van der Waals surface area contributed by atoms with Gasteiger partial charge in [-0.05, 0) is 36.0 Å². The lowest BCUT2D eigenvalue weighted by Gasteiger charge is -2.31.